The SMILES string of the molecule is CCC(CCCCCCCCCCCC(=O)O)C(CCC(C)C)C(CCC(C)C)C(=O)O. The van der Waals surface area contributed by atoms with Crippen LogP contribution in [0, 0.1) is 29.6 Å². The predicted molar refractivity (Wildman–Crippen MR) is 135 cm³/mol. The third-order valence-electron chi connectivity index (χ3n) is 7.06. The van der Waals surface area contributed by atoms with E-state index in [1.54, 1.807) is 0 Å². The van der Waals surface area contributed by atoms with Crippen molar-refractivity contribution < 1.29 is 19.8 Å². The first-order valence-electron chi connectivity index (χ1n) is 13.6. The summed E-state index contributed by atoms with van der Waals surface area (Å²) in [5.41, 5.74) is 0. The molecule has 4 heteroatoms. The topological polar surface area (TPSA) is 74.6 Å². The monoisotopic (exact) mass is 454 g/mol. The number of hydrogen-bond donors (Lipinski definition) is 2. The van der Waals surface area contributed by atoms with E-state index in [1.165, 1.54) is 44.9 Å². The Hall–Kier alpha value is -1.06. The molecule has 0 aromatic heterocycles. The lowest BCUT2D eigenvalue weighted by Crippen LogP contribution is -2.30. The Kier molecular flexibility index (Phi) is 18.8. The van der Waals surface area contributed by atoms with Gasteiger partial charge in [-0.2, -0.15) is 0 Å². The second-order valence-corrected chi connectivity index (χ2v) is 10.8. The number of carboxylic acid groups (broad SMARTS) is 2. The maximum absolute atomic E-state index is 12.2. The number of rotatable bonds is 22. The van der Waals surface area contributed by atoms with Crippen LogP contribution >= 0.6 is 0 Å². The maximum Gasteiger partial charge on any atom is 0.306 e. The molecule has 0 aliphatic rings. The highest BCUT2D eigenvalue weighted by molar-refractivity contribution is 5.70. The van der Waals surface area contributed by atoms with E-state index < -0.39 is 11.9 Å². The minimum absolute atomic E-state index is 0.192. The van der Waals surface area contributed by atoms with Gasteiger partial charge in [0, 0.05) is 6.42 Å². The summed E-state index contributed by atoms with van der Waals surface area (Å²) in [4.78, 5) is 22.7. The van der Waals surface area contributed by atoms with E-state index in [2.05, 4.69) is 34.6 Å². The summed E-state index contributed by atoms with van der Waals surface area (Å²) in [6.45, 7) is 11.1. The Morgan fingerprint density at radius 3 is 1.53 bits per heavy atom. The third kappa shape index (κ3) is 16.6. The fourth-order valence-electron chi connectivity index (χ4n) is 4.97. The van der Waals surface area contributed by atoms with Crippen molar-refractivity contribution in [2.24, 2.45) is 29.6 Å². The van der Waals surface area contributed by atoms with Crippen molar-refractivity contribution in [3.05, 3.63) is 0 Å². The van der Waals surface area contributed by atoms with Gasteiger partial charge in [-0.25, -0.2) is 0 Å². The molecular weight excluding hydrogens is 400 g/mol. The van der Waals surface area contributed by atoms with E-state index in [9.17, 15) is 14.7 Å². The van der Waals surface area contributed by atoms with Gasteiger partial charge in [0.25, 0.3) is 0 Å². The molecule has 0 heterocycles. The second-order valence-electron chi connectivity index (χ2n) is 10.8. The van der Waals surface area contributed by atoms with Crippen LogP contribution in [-0.4, -0.2) is 22.2 Å². The van der Waals surface area contributed by atoms with Crippen molar-refractivity contribution in [2.75, 3.05) is 0 Å². The Balaban J connectivity index is 4.42. The highest BCUT2D eigenvalue weighted by Crippen LogP contribution is 2.36. The molecule has 32 heavy (non-hydrogen) atoms. The Morgan fingerprint density at radius 1 is 0.625 bits per heavy atom. The van der Waals surface area contributed by atoms with Crippen LogP contribution in [0.3, 0.4) is 0 Å². The molecule has 0 radical (unpaired) electrons. The Morgan fingerprint density at radius 2 is 1.09 bits per heavy atom. The van der Waals surface area contributed by atoms with E-state index in [1.807, 2.05) is 0 Å². The van der Waals surface area contributed by atoms with Crippen LogP contribution in [0.2, 0.25) is 0 Å². The average molecular weight is 455 g/mol. The van der Waals surface area contributed by atoms with Crippen LogP contribution < -0.4 is 0 Å². The first kappa shape index (κ1) is 30.9. The van der Waals surface area contributed by atoms with Crippen molar-refractivity contribution >= 4 is 11.9 Å². The molecule has 0 aliphatic carbocycles. The molecule has 0 rings (SSSR count). The van der Waals surface area contributed by atoms with Gasteiger partial charge in [0.05, 0.1) is 5.92 Å². The van der Waals surface area contributed by atoms with Gasteiger partial charge in [-0.05, 0) is 42.9 Å². The standard InChI is InChI=1S/C28H54O4/c1-6-24(16-14-12-10-8-7-9-11-13-15-17-27(29)30)25(20-18-22(2)3)26(28(31)32)21-19-23(4)5/h22-26H,6-21H2,1-5H3,(H,29,30)(H,31,32). The summed E-state index contributed by atoms with van der Waals surface area (Å²) in [5, 5.41) is 18.7. The fourth-order valence-corrected chi connectivity index (χ4v) is 4.97. The molecule has 0 spiro atoms. The van der Waals surface area contributed by atoms with Crippen molar-refractivity contribution in [3.8, 4) is 0 Å². The van der Waals surface area contributed by atoms with E-state index in [-0.39, 0.29) is 5.92 Å². The molecule has 0 bridgehead atoms. The zero-order chi connectivity index (χ0) is 24.4. The van der Waals surface area contributed by atoms with Gasteiger partial charge < -0.3 is 10.2 Å². The quantitative estimate of drug-likeness (QED) is 0.161. The van der Waals surface area contributed by atoms with Gasteiger partial charge >= 0.3 is 11.9 Å². The van der Waals surface area contributed by atoms with Crippen molar-refractivity contribution in [1.82, 2.24) is 0 Å². The molecule has 0 aromatic carbocycles. The zero-order valence-corrected chi connectivity index (χ0v) is 21.9. The number of aliphatic carboxylic acids is 2. The van der Waals surface area contributed by atoms with E-state index in [0.29, 0.717) is 30.1 Å². The summed E-state index contributed by atoms with van der Waals surface area (Å²) in [6.07, 6.45) is 17.0. The Labute approximate surface area is 199 Å². The first-order valence-corrected chi connectivity index (χ1v) is 13.6. The zero-order valence-electron chi connectivity index (χ0n) is 21.9. The lowest BCUT2D eigenvalue weighted by atomic mass is 9.72. The molecule has 0 aromatic rings. The van der Waals surface area contributed by atoms with Gasteiger partial charge in [-0.3, -0.25) is 9.59 Å². The fraction of sp³-hybridized carbons (Fsp3) is 0.929. The van der Waals surface area contributed by atoms with Crippen LogP contribution in [0.5, 0.6) is 0 Å². The van der Waals surface area contributed by atoms with Crippen LogP contribution in [0.1, 0.15) is 137 Å². The van der Waals surface area contributed by atoms with Gasteiger partial charge in [-0.1, -0.05) is 112 Å². The van der Waals surface area contributed by atoms with E-state index in [0.717, 1.165) is 51.4 Å². The highest BCUT2D eigenvalue weighted by Gasteiger charge is 2.32. The van der Waals surface area contributed by atoms with Crippen LogP contribution in [0.15, 0.2) is 0 Å². The van der Waals surface area contributed by atoms with Crippen molar-refractivity contribution in [2.45, 2.75) is 137 Å². The van der Waals surface area contributed by atoms with Crippen LogP contribution in [0.4, 0.5) is 0 Å². The molecule has 3 unspecified atom stereocenters. The molecule has 2 N–H and O–H groups in total. The molecule has 4 nitrogen and oxygen atoms in total. The summed E-state index contributed by atoms with van der Waals surface area (Å²) >= 11 is 0. The summed E-state index contributed by atoms with van der Waals surface area (Å²) in [6, 6.07) is 0. The molecule has 0 aliphatic heterocycles. The highest BCUT2D eigenvalue weighted by atomic mass is 16.4. The number of hydrogen-bond acceptors (Lipinski definition) is 2. The van der Waals surface area contributed by atoms with Crippen LogP contribution in [-0.2, 0) is 9.59 Å². The van der Waals surface area contributed by atoms with E-state index >= 15 is 0 Å². The molecule has 0 saturated heterocycles. The predicted octanol–water partition coefficient (Wildman–Crippen LogP) is 8.58. The summed E-state index contributed by atoms with van der Waals surface area (Å²) in [7, 11) is 0. The smallest absolute Gasteiger partial charge is 0.306 e. The second kappa shape index (κ2) is 19.4. The lowest BCUT2D eigenvalue weighted by Gasteiger charge is -2.32. The average Bonchev–Trinajstić information content (AvgIpc) is 2.71. The van der Waals surface area contributed by atoms with Gasteiger partial charge in [0.15, 0.2) is 0 Å². The first-order chi connectivity index (χ1) is 15.2. The number of unbranched alkanes of at least 4 members (excludes halogenated alkanes) is 8. The molecule has 190 valence electrons. The normalized spacial score (nSPS) is 14.6. The molecule has 0 fully saturated rings. The van der Waals surface area contributed by atoms with Gasteiger partial charge in [-0.15, -0.1) is 0 Å². The lowest BCUT2D eigenvalue weighted by molar-refractivity contribution is -0.145. The third-order valence-corrected chi connectivity index (χ3v) is 7.06. The molecule has 0 amide bonds. The largest absolute Gasteiger partial charge is 0.481 e. The summed E-state index contributed by atoms with van der Waals surface area (Å²) in [5.74, 6) is 0.555. The minimum atomic E-state index is -0.684. The molecule has 3 atom stereocenters. The number of carbonyl (C=O) groups is 2. The molecular formula is C28H54O4. The minimum Gasteiger partial charge on any atom is -0.481 e. The molecule has 0 saturated carbocycles. The maximum atomic E-state index is 12.2. The Bertz CT molecular complexity index is 472. The van der Waals surface area contributed by atoms with Crippen molar-refractivity contribution in [3.63, 3.8) is 0 Å². The number of carboxylic acids is 2. The van der Waals surface area contributed by atoms with Gasteiger partial charge in [0.2, 0.25) is 0 Å². The van der Waals surface area contributed by atoms with Gasteiger partial charge in [0.1, 0.15) is 0 Å². The summed E-state index contributed by atoms with van der Waals surface area (Å²) < 4.78 is 0. The van der Waals surface area contributed by atoms with Crippen molar-refractivity contribution in [1.29, 1.82) is 0 Å². The van der Waals surface area contributed by atoms with Crippen LogP contribution in [0.25, 0.3) is 0 Å². The van der Waals surface area contributed by atoms with E-state index in [4.69, 9.17) is 5.11 Å².